The van der Waals surface area contributed by atoms with Crippen molar-refractivity contribution in [1.29, 1.82) is 0 Å². The standard InChI is InChI=1S/C21H25N3O3/c1-2-16-5-7-17(8-6-16)9-10-19(25)23-12-14-24(15-13-23)20-18(21(26)27)4-3-11-22-20/h3-8,11H,2,9-10,12-15H2,1H3,(H,26,27). The Balaban J connectivity index is 1.52. The average molecular weight is 367 g/mol. The van der Waals surface area contributed by atoms with E-state index >= 15 is 0 Å². The van der Waals surface area contributed by atoms with E-state index in [1.165, 1.54) is 11.1 Å². The van der Waals surface area contributed by atoms with Crippen molar-refractivity contribution in [3.63, 3.8) is 0 Å². The van der Waals surface area contributed by atoms with Crippen LogP contribution in [0, 0.1) is 0 Å². The lowest BCUT2D eigenvalue weighted by Crippen LogP contribution is -2.49. The van der Waals surface area contributed by atoms with Gasteiger partial charge in [-0.25, -0.2) is 9.78 Å². The molecule has 0 unspecified atom stereocenters. The van der Waals surface area contributed by atoms with Gasteiger partial charge in [0.15, 0.2) is 0 Å². The molecule has 2 heterocycles. The Morgan fingerprint density at radius 2 is 1.70 bits per heavy atom. The first-order chi connectivity index (χ1) is 13.1. The van der Waals surface area contributed by atoms with E-state index in [1.807, 2.05) is 9.80 Å². The van der Waals surface area contributed by atoms with Gasteiger partial charge >= 0.3 is 5.97 Å². The summed E-state index contributed by atoms with van der Waals surface area (Å²) in [6.45, 7) is 4.48. The highest BCUT2D eigenvalue weighted by molar-refractivity contribution is 5.93. The third kappa shape index (κ3) is 4.64. The molecule has 0 saturated carbocycles. The van der Waals surface area contributed by atoms with Crippen LogP contribution in [0.15, 0.2) is 42.6 Å². The molecule has 1 aliphatic rings. The second-order valence-electron chi connectivity index (χ2n) is 6.72. The van der Waals surface area contributed by atoms with E-state index in [-0.39, 0.29) is 11.5 Å². The Bertz CT molecular complexity index is 797. The molecule has 1 aliphatic heterocycles. The summed E-state index contributed by atoms with van der Waals surface area (Å²) >= 11 is 0. The predicted molar refractivity (Wildman–Crippen MR) is 104 cm³/mol. The van der Waals surface area contributed by atoms with E-state index in [1.54, 1.807) is 18.3 Å². The molecule has 0 aliphatic carbocycles. The molecule has 3 rings (SSSR count). The van der Waals surface area contributed by atoms with Crippen LogP contribution in [0.3, 0.4) is 0 Å². The Labute approximate surface area is 159 Å². The zero-order valence-electron chi connectivity index (χ0n) is 15.6. The molecule has 0 bridgehead atoms. The molecule has 1 aromatic carbocycles. The zero-order valence-corrected chi connectivity index (χ0v) is 15.6. The fourth-order valence-corrected chi connectivity index (χ4v) is 3.33. The van der Waals surface area contributed by atoms with Crippen LogP contribution in [0.1, 0.15) is 34.8 Å². The summed E-state index contributed by atoms with van der Waals surface area (Å²) in [5.74, 6) is -0.354. The van der Waals surface area contributed by atoms with Gasteiger partial charge in [-0.15, -0.1) is 0 Å². The SMILES string of the molecule is CCc1ccc(CCC(=O)N2CCN(c3ncccc3C(=O)O)CC2)cc1. The zero-order chi connectivity index (χ0) is 19.2. The molecule has 142 valence electrons. The highest BCUT2D eigenvalue weighted by Gasteiger charge is 2.24. The number of carboxylic acid groups (broad SMARTS) is 1. The first kappa shape index (κ1) is 18.9. The minimum Gasteiger partial charge on any atom is -0.478 e. The van der Waals surface area contributed by atoms with Crippen LogP contribution in [-0.2, 0) is 17.6 Å². The highest BCUT2D eigenvalue weighted by Crippen LogP contribution is 2.19. The van der Waals surface area contributed by atoms with E-state index in [2.05, 4.69) is 36.2 Å². The second kappa shape index (κ2) is 8.66. The van der Waals surface area contributed by atoms with E-state index in [9.17, 15) is 14.7 Å². The van der Waals surface area contributed by atoms with E-state index in [0.717, 1.165) is 12.8 Å². The smallest absolute Gasteiger partial charge is 0.339 e. The molecular weight excluding hydrogens is 342 g/mol. The van der Waals surface area contributed by atoms with Gasteiger partial charge < -0.3 is 14.9 Å². The normalized spacial score (nSPS) is 14.3. The molecule has 2 aromatic rings. The number of carbonyl (C=O) groups is 2. The van der Waals surface area contributed by atoms with Gasteiger partial charge in [0, 0.05) is 38.8 Å². The number of carboxylic acids is 1. The first-order valence-electron chi connectivity index (χ1n) is 9.37. The molecular formula is C21H25N3O3. The van der Waals surface area contributed by atoms with Gasteiger partial charge in [0.05, 0.1) is 0 Å². The number of aromatic carboxylic acids is 1. The van der Waals surface area contributed by atoms with Crippen molar-refractivity contribution in [3.8, 4) is 0 Å². The number of amides is 1. The van der Waals surface area contributed by atoms with Crippen molar-refractivity contribution in [2.24, 2.45) is 0 Å². The van der Waals surface area contributed by atoms with Crippen molar-refractivity contribution < 1.29 is 14.7 Å². The van der Waals surface area contributed by atoms with Crippen LogP contribution < -0.4 is 4.90 Å². The molecule has 0 atom stereocenters. The lowest BCUT2D eigenvalue weighted by molar-refractivity contribution is -0.131. The second-order valence-corrected chi connectivity index (χ2v) is 6.72. The Morgan fingerprint density at radius 3 is 2.33 bits per heavy atom. The van der Waals surface area contributed by atoms with Crippen LogP contribution in [0.4, 0.5) is 5.82 Å². The summed E-state index contributed by atoms with van der Waals surface area (Å²) < 4.78 is 0. The van der Waals surface area contributed by atoms with Gasteiger partial charge in [-0.05, 0) is 36.1 Å². The molecule has 0 spiro atoms. The molecule has 27 heavy (non-hydrogen) atoms. The fourth-order valence-electron chi connectivity index (χ4n) is 3.33. The Kier molecular flexibility index (Phi) is 6.06. The molecule has 1 N–H and O–H groups in total. The lowest BCUT2D eigenvalue weighted by atomic mass is 10.1. The summed E-state index contributed by atoms with van der Waals surface area (Å²) in [7, 11) is 0. The molecule has 1 saturated heterocycles. The van der Waals surface area contributed by atoms with Gasteiger partial charge in [0.25, 0.3) is 0 Å². The van der Waals surface area contributed by atoms with E-state index < -0.39 is 5.97 Å². The topological polar surface area (TPSA) is 73.7 Å². The van der Waals surface area contributed by atoms with Crippen LogP contribution >= 0.6 is 0 Å². The van der Waals surface area contributed by atoms with E-state index in [4.69, 9.17) is 0 Å². The molecule has 1 amide bonds. The van der Waals surface area contributed by atoms with Gasteiger partial charge in [-0.3, -0.25) is 4.79 Å². The van der Waals surface area contributed by atoms with Crippen molar-refractivity contribution in [3.05, 3.63) is 59.3 Å². The quantitative estimate of drug-likeness (QED) is 0.850. The van der Waals surface area contributed by atoms with Crippen LogP contribution in [0.2, 0.25) is 0 Å². The number of anilines is 1. The number of aromatic nitrogens is 1. The number of aryl methyl sites for hydroxylation is 2. The van der Waals surface area contributed by atoms with Crippen molar-refractivity contribution in [1.82, 2.24) is 9.88 Å². The first-order valence-corrected chi connectivity index (χ1v) is 9.37. The summed E-state index contributed by atoms with van der Waals surface area (Å²) in [6.07, 6.45) is 3.86. The van der Waals surface area contributed by atoms with E-state index in [0.29, 0.717) is 38.4 Å². The fraction of sp³-hybridized carbons (Fsp3) is 0.381. The largest absolute Gasteiger partial charge is 0.478 e. The lowest BCUT2D eigenvalue weighted by Gasteiger charge is -2.36. The summed E-state index contributed by atoms with van der Waals surface area (Å²) in [4.78, 5) is 31.9. The third-order valence-electron chi connectivity index (χ3n) is 5.01. The van der Waals surface area contributed by atoms with Gasteiger partial charge in [0.1, 0.15) is 11.4 Å². The number of rotatable bonds is 6. The number of piperazine rings is 1. The Morgan fingerprint density at radius 1 is 1.04 bits per heavy atom. The average Bonchev–Trinajstić information content (AvgIpc) is 2.72. The minimum absolute atomic E-state index is 0.147. The van der Waals surface area contributed by atoms with Crippen LogP contribution in [0.5, 0.6) is 0 Å². The van der Waals surface area contributed by atoms with Gasteiger partial charge in [-0.1, -0.05) is 31.2 Å². The maximum atomic E-state index is 12.5. The number of benzene rings is 1. The summed E-state index contributed by atoms with van der Waals surface area (Å²) in [6, 6.07) is 11.6. The molecule has 6 heteroatoms. The highest BCUT2D eigenvalue weighted by atomic mass is 16.4. The summed E-state index contributed by atoms with van der Waals surface area (Å²) in [5.41, 5.74) is 2.68. The van der Waals surface area contributed by atoms with Crippen molar-refractivity contribution in [2.45, 2.75) is 26.2 Å². The molecule has 6 nitrogen and oxygen atoms in total. The number of pyridine rings is 1. The number of nitrogens with zero attached hydrogens (tertiary/aromatic N) is 3. The van der Waals surface area contributed by atoms with Gasteiger partial charge in [-0.2, -0.15) is 0 Å². The van der Waals surface area contributed by atoms with Crippen molar-refractivity contribution >= 4 is 17.7 Å². The van der Waals surface area contributed by atoms with Gasteiger partial charge in [0.2, 0.25) is 5.91 Å². The van der Waals surface area contributed by atoms with Crippen molar-refractivity contribution in [2.75, 3.05) is 31.1 Å². The monoisotopic (exact) mass is 367 g/mol. The Hall–Kier alpha value is -2.89. The summed E-state index contributed by atoms with van der Waals surface area (Å²) in [5, 5.41) is 9.32. The maximum absolute atomic E-state index is 12.5. The molecule has 1 fully saturated rings. The molecule has 0 radical (unpaired) electrons. The number of hydrogen-bond acceptors (Lipinski definition) is 4. The molecule has 1 aromatic heterocycles. The maximum Gasteiger partial charge on any atom is 0.339 e. The number of carbonyl (C=O) groups excluding carboxylic acids is 1. The number of hydrogen-bond donors (Lipinski definition) is 1. The van der Waals surface area contributed by atoms with Crippen LogP contribution in [0.25, 0.3) is 0 Å². The third-order valence-corrected chi connectivity index (χ3v) is 5.01. The minimum atomic E-state index is -0.981. The van der Waals surface area contributed by atoms with Crippen LogP contribution in [-0.4, -0.2) is 53.0 Å². The predicted octanol–water partition coefficient (Wildman–Crippen LogP) is 2.62.